The molecule has 14 heavy (non-hydrogen) atoms. The van der Waals surface area contributed by atoms with Crippen LogP contribution >= 0.6 is 0 Å². The van der Waals surface area contributed by atoms with Crippen molar-refractivity contribution in [2.75, 3.05) is 6.54 Å². The van der Waals surface area contributed by atoms with Crippen LogP contribution in [0.4, 0.5) is 0 Å². The maximum absolute atomic E-state index is 8.94. The zero-order valence-corrected chi connectivity index (χ0v) is 8.54. The molecule has 0 atom stereocenters. The van der Waals surface area contributed by atoms with E-state index in [0.29, 0.717) is 11.7 Å². The third-order valence-electron chi connectivity index (χ3n) is 2.56. The smallest absolute Gasteiger partial charge is 0.166 e. The van der Waals surface area contributed by atoms with Gasteiger partial charge in [-0.05, 0) is 26.8 Å². The summed E-state index contributed by atoms with van der Waals surface area (Å²) in [4.78, 5) is 0. The van der Waals surface area contributed by atoms with Gasteiger partial charge in [-0.15, -0.1) is 0 Å². The SMILES string of the molecule is CC(C)n1nc(C#N)c2c1CNCC2. The fraction of sp³-hybridized carbons (Fsp3) is 0.600. The summed E-state index contributed by atoms with van der Waals surface area (Å²) < 4.78 is 1.96. The number of hydrogen-bond acceptors (Lipinski definition) is 3. The van der Waals surface area contributed by atoms with Crippen molar-refractivity contribution in [3.63, 3.8) is 0 Å². The summed E-state index contributed by atoms with van der Waals surface area (Å²) in [6, 6.07) is 2.50. The lowest BCUT2D eigenvalue weighted by molar-refractivity contribution is 0.486. The normalized spacial score (nSPS) is 15.3. The van der Waals surface area contributed by atoms with Gasteiger partial charge in [-0.3, -0.25) is 4.68 Å². The standard InChI is InChI=1S/C10H14N4/c1-7(2)14-10-6-12-4-3-8(10)9(5-11)13-14/h7,12H,3-4,6H2,1-2H3. The second-order valence-corrected chi connectivity index (χ2v) is 3.85. The Balaban J connectivity index is 2.53. The number of nitriles is 1. The molecule has 0 unspecified atom stereocenters. The Bertz CT molecular complexity index is 384. The van der Waals surface area contributed by atoms with E-state index < -0.39 is 0 Å². The molecular formula is C10H14N4. The van der Waals surface area contributed by atoms with Gasteiger partial charge in [0.2, 0.25) is 0 Å². The van der Waals surface area contributed by atoms with Crippen LogP contribution in [0.1, 0.15) is 36.8 Å². The van der Waals surface area contributed by atoms with Crippen LogP contribution in [0.15, 0.2) is 0 Å². The van der Waals surface area contributed by atoms with Crippen molar-refractivity contribution in [2.45, 2.75) is 32.9 Å². The van der Waals surface area contributed by atoms with Gasteiger partial charge in [0.25, 0.3) is 0 Å². The Morgan fingerprint density at radius 2 is 2.36 bits per heavy atom. The molecule has 0 aromatic carbocycles. The maximum atomic E-state index is 8.94. The largest absolute Gasteiger partial charge is 0.311 e. The average Bonchev–Trinajstić information content (AvgIpc) is 2.56. The molecule has 4 heteroatoms. The summed E-state index contributed by atoms with van der Waals surface area (Å²) >= 11 is 0. The number of fused-ring (bicyclic) bond motifs is 1. The molecule has 0 fully saturated rings. The molecule has 0 bridgehead atoms. The molecule has 1 aromatic heterocycles. The van der Waals surface area contributed by atoms with E-state index in [0.717, 1.165) is 25.1 Å². The van der Waals surface area contributed by atoms with Crippen molar-refractivity contribution in [2.24, 2.45) is 0 Å². The number of aromatic nitrogens is 2. The summed E-state index contributed by atoms with van der Waals surface area (Å²) in [6.45, 7) is 5.96. The van der Waals surface area contributed by atoms with Crippen LogP contribution < -0.4 is 5.32 Å². The van der Waals surface area contributed by atoms with Crippen LogP contribution in [0.5, 0.6) is 0 Å². The minimum absolute atomic E-state index is 0.325. The monoisotopic (exact) mass is 190 g/mol. The highest BCUT2D eigenvalue weighted by Crippen LogP contribution is 2.20. The zero-order valence-electron chi connectivity index (χ0n) is 8.54. The van der Waals surface area contributed by atoms with Crippen LogP contribution in [-0.4, -0.2) is 16.3 Å². The topological polar surface area (TPSA) is 53.6 Å². The molecule has 0 amide bonds. The fourth-order valence-corrected chi connectivity index (χ4v) is 1.89. The number of nitrogens with one attached hydrogen (secondary N) is 1. The van der Waals surface area contributed by atoms with E-state index in [-0.39, 0.29) is 0 Å². The van der Waals surface area contributed by atoms with Gasteiger partial charge < -0.3 is 5.32 Å². The highest BCUT2D eigenvalue weighted by Gasteiger charge is 2.21. The van der Waals surface area contributed by atoms with Crippen LogP contribution in [0, 0.1) is 11.3 Å². The van der Waals surface area contributed by atoms with E-state index >= 15 is 0 Å². The molecule has 1 aromatic rings. The predicted molar refractivity (Wildman–Crippen MR) is 52.7 cm³/mol. The maximum Gasteiger partial charge on any atom is 0.166 e. The van der Waals surface area contributed by atoms with E-state index in [1.54, 1.807) is 0 Å². The first-order chi connectivity index (χ1) is 6.74. The van der Waals surface area contributed by atoms with Gasteiger partial charge in [0.15, 0.2) is 5.69 Å². The fourth-order valence-electron chi connectivity index (χ4n) is 1.89. The Morgan fingerprint density at radius 1 is 1.57 bits per heavy atom. The Hall–Kier alpha value is -1.34. The summed E-state index contributed by atoms with van der Waals surface area (Å²) in [5.74, 6) is 0. The van der Waals surface area contributed by atoms with Gasteiger partial charge in [-0.1, -0.05) is 0 Å². The minimum Gasteiger partial charge on any atom is -0.311 e. The highest BCUT2D eigenvalue weighted by molar-refractivity contribution is 5.36. The summed E-state index contributed by atoms with van der Waals surface area (Å²) in [5.41, 5.74) is 2.93. The second-order valence-electron chi connectivity index (χ2n) is 3.85. The van der Waals surface area contributed by atoms with E-state index in [1.165, 1.54) is 5.69 Å². The Morgan fingerprint density at radius 3 is 3.00 bits per heavy atom. The zero-order chi connectivity index (χ0) is 10.1. The van der Waals surface area contributed by atoms with Crippen molar-refractivity contribution in [3.05, 3.63) is 17.0 Å². The molecule has 0 saturated carbocycles. The first-order valence-electron chi connectivity index (χ1n) is 4.95. The van der Waals surface area contributed by atoms with Gasteiger partial charge in [-0.2, -0.15) is 10.4 Å². The van der Waals surface area contributed by atoms with Gasteiger partial charge in [-0.25, -0.2) is 0 Å². The van der Waals surface area contributed by atoms with Gasteiger partial charge >= 0.3 is 0 Å². The number of hydrogen-bond donors (Lipinski definition) is 1. The van der Waals surface area contributed by atoms with Gasteiger partial charge in [0, 0.05) is 18.2 Å². The molecule has 2 rings (SSSR count). The first kappa shape index (κ1) is 9.22. The van der Waals surface area contributed by atoms with Crippen LogP contribution in [0.2, 0.25) is 0 Å². The molecule has 4 nitrogen and oxygen atoms in total. The molecular weight excluding hydrogens is 176 g/mol. The van der Waals surface area contributed by atoms with Crippen molar-refractivity contribution in [1.82, 2.24) is 15.1 Å². The van der Waals surface area contributed by atoms with E-state index in [4.69, 9.17) is 5.26 Å². The second kappa shape index (κ2) is 3.43. The molecule has 0 radical (unpaired) electrons. The summed E-state index contributed by atoms with van der Waals surface area (Å²) in [5, 5.41) is 16.6. The third-order valence-corrected chi connectivity index (χ3v) is 2.56. The van der Waals surface area contributed by atoms with Crippen LogP contribution in [-0.2, 0) is 13.0 Å². The Kier molecular flexibility index (Phi) is 2.26. The van der Waals surface area contributed by atoms with Crippen LogP contribution in [0.25, 0.3) is 0 Å². The molecule has 1 aliphatic rings. The summed E-state index contributed by atoms with van der Waals surface area (Å²) in [7, 11) is 0. The number of nitrogens with zero attached hydrogens (tertiary/aromatic N) is 3. The van der Waals surface area contributed by atoms with E-state index in [9.17, 15) is 0 Å². The third kappa shape index (κ3) is 1.30. The lowest BCUT2D eigenvalue weighted by Crippen LogP contribution is -2.25. The first-order valence-corrected chi connectivity index (χ1v) is 4.95. The van der Waals surface area contributed by atoms with E-state index in [2.05, 4.69) is 30.3 Å². The molecule has 74 valence electrons. The molecule has 0 aliphatic carbocycles. The average molecular weight is 190 g/mol. The molecule has 0 saturated heterocycles. The lowest BCUT2D eigenvalue weighted by atomic mass is 10.1. The Labute approximate surface area is 83.5 Å². The molecule has 1 N–H and O–H groups in total. The predicted octanol–water partition coefficient (Wildman–Crippen LogP) is 0.981. The quantitative estimate of drug-likeness (QED) is 0.718. The van der Waals surface area contributed by atoms with E-state index in [1.807, 2.05) is 4.68 Å². The van der Waals surface area contributed by atoms with Crippen LogP contribution in [0.3, 0.4) is 0 Å². The van der Waals surface area contributed by atoms with Crippen molar-refractivity contribution in [1.29, 1.82) is 5.26 Å². The highest BCUT2D eigenvalue weighted by atomic mass is 15.3. The lowest BCUT2D eigenvalue weighted by Gasteiger charge is -2.16. The van der Waals surface area contributed by atoms with Gasteiger partial charge in [0.05, 0.1) is 5.69 Å². The number of rotatable bonds is 1. The molecule has 0 spiro atoms. The van der Waals surface area contributed by atoms with Crippen molar-refractivity contribution >= 4 is 0 Å². The molecule has 2 heterocycles. The minimum atomic E-state index is 0.325. The van der Waals surface area contributed by atoms with Gasteiger partial charge in [0.1, 0.15) is 6.07 Å². The molecule has 1 aliphatic heterocycles. The summed E-state index contributed by atoms with van der Waals surface area (Å²) in [6.07, 6.45) is 0.922. The van der Waals surface area contributed by atoms with Crippen molar-refractivity contribution < 1.29 is 0 Å². The van der Waals surface area contributed by atoms with Crippen molar-refractivity contribution in [3.8, 4) is 6.07 Å².